The third kappa shape index (κ3) is 2.49. The molecule has 3 rings (SSSR count). The second kappa shape index (κ2) is 5.77. The quantitative estimate of drug-likeness (QED) is 0.772. The van der Waals surface area contributed by atoms with Crippen molar-refractivity contribution in [2.24, 2.45) is 0 Å². The van der Waals surface area contributed by atoms with Crippen molar-refractivity contribution in [3.63, 3.8) is 0 Å². The van der Waals surface area contributed by atoms with Gasteiger partial charge in [0.15, 0.2) is 0 Å². The average molecular weight is 285 g/mol. The smallest absolute Gasteiger partial charge is 0.0702 e. The molecule has 0 amide bonds. The van der Waals surface area contributed by atoms with Crippen LogP contribution in [0.15, 0.2) is 42.7 Å². The molecule has 4 heteroatoms. The molecule has 20 heavy (non-hydrogen) atoms. The number of thiophene rings is 1. The molecular weight excluding hydrogens is 266 g/mol. The first-order valence-corrected chi connectivity index (χ1v) is 7.87. The van der Waals surface area contributed by atoms with Crippen LogP contribution in [0.25, 0.3) is 10.1 Å². The molecule has 1 atom stereocenters. The molecule has 0 aliphatic carbocycles. The van der Waals surface area contributed by atoms with Crippen molar-refractivity contribution in [1.82, 2.24) is 15.1 Å². The molecule has 3 nitrogen and oxygen atoms in total. The van der Waals surface area contributed by atoms with Gasteiger partial charge in [0.2, 0.25) is 0 Å². The van der Waals surface area contributed by atoms with E-state index in [1.54, 1.807) is 0 Å². The van der Waals surface area contributed by atoms with Crippen LogP contribution in [0.5, 0.6) is 0 Å². The molecular formula is C16H19N3S. The Bertz CT molecular complexity index is 665. The predicted molar refractivity (Wildman–Crippen MR) is 85.2 cm³/mol. The Morgan fingerprint density at radius 3 is 2.85 bits per heavy atom. The molecule has 0 radical (unpaired) electrons. The van der Waals surface area contributed by atoms with E-state index in [1.165, 1.54) is 20.5 Å². The number of hydrogen-bond acceptors (Lipinski definition) is 3. The Kier molecular flexibility index (Phi) is 3.85. The van der Waals surface area contributed by atoms with E-state index in [1.807, 2.05) is 22.2 Å². The summed E-state index contributed by atoms with van der Waals surface area (Å²) in [5, 5.41) is 9.29. The molecule has 2 heterocycles. The molecule has 0 saturated carbocycles. The van der Waals surface area contributed by atoms with Crippen molar-refractivity contribution in [2.75, 3.05) is 6.54 Å². The lowest BCUT2D eigenvalue weighted by Crippen LogP contribution is -2.20. The van der Waals surface area contributed by atoms with Crippen LogP contribution in [-0.4, -0.2) is 16.3 Å². The van der Waals surface area contributed by atoms with Crippen LogP contribution >= 0.6 is 11.3 Å². The summed E-state index contributed by atoms with van der Waals surface area (Å²) in [6, 6.07) is 11.1. The predicted octanol–water partition coefficient (Wildman–Crippen LogP) is 3.82. The van der Waals surface area contributed by atoms with Crippen LogP contribution in [0.3, 0.4) is 0 Å². The summed E-state index contributed by atoms with van der Waals surface area (Å²) in [5.74, 6) is 0. The van der Waals surface area contributed by atoms with Crippen molar-refractivity contribution in [3.05, 3.63) is 53.2 Å². The van der Waals surface area contributed by atoms with Gasteiger partial charge in [-0.15, -0.1) is 11.3 Å². The Balaban J connectivity index is 2.00. The second-order valence-electron chi connectivity index (χ2n) is 4.81. The number of aromatic nitrogens is 2. The SMILES string of the molecule is CCNC(c1cnn(CC)c1)c1cc2ccccc2s1. The molecule has 0 aliphatic heterocycles. The van der Waals surface area contributed by atoms with E-state index in [2.05, 4.69) is 60.8 Å². The number of hydrogen-bond donors (Lipinski definition) is 1. The lowest BCUT2D eigenvalue weighted by atomic mass is 10.1. The van der Waals surface area contributed by atoms with Gasteiger partial charge in [0.25, 0.3) is 0 Å². The monoisotopic (exact) mass is 285 g/mol. The largest absolute Gasteiger partial charge is 0.306 e. The summed E-state index contributed by atoms with van der Waals surface area (Å²) in [7, 11) is 0. The number of fused-ring (bicyclic) bond motifs is 1. The van der Waals surface area contributed by atoms with Gasteiger partial charge in [-0.1, -0.05) is 25.1 Å². The maximum atomic E-state index is 4.40. The molecule has 0 spiro atoms. The molecule has 2 aromatic heterocycles. The van der Waals surface area contributed by atoms with E-state index in [9.17, 15) is 0 Å². The van der Waals surface area contributed by atoms with Crippen molar-refractivity contribution in [2.45, 2.75) is 26.4 Å². The Morgan fingerprint density at radius 2 is 2.15 bits per heavy atom. The first-order chi connectivity index (χ1) is 9.81. The molecule has 1 N–H and O–H groups in total. The molecule has 0 bridgehead atoms. The van der Waals surface area contributed by atoms with Crippen LogP contribution in [-0.2, 0) is 6.54 Å². The third-order valence-corrected chi connectivity index (χ3v) is 4.63. The summed E-state index contributed by atoms with van der Waals surface area (Å²) in [6.07, 6.45) is 4.11. The fourth-order valence-corrected chi connectivity index (χ4v) is 3.60. The zero-order chi connectivity index (χ0) is 13.9. The van der Waals surface area contributed by atoms with E-state index >= 15 is 0 Å². The first kappa shape index (κ1) is 13.3. The molecule has 0 fully saturated rings. The molecule has 1 aromatic carbocycles. The molecule has 0 aliphatic rings. The van der Waals surface area contributed by atoms with Gasteiger partial charge in [-0.25, -0.2) is 0 Å². The molecule has 1 unspecified atom stereocenters. The topological polar surface area (TPSA) is 29.9 Å². The van der Waals surface area contributed by atoms with Gasteiger partial charge in [-0.05, 0) is 31.0 Å². The van der Waals surface area contributed by atoms with Gasteiger partial charge in [0.05, 0.1) is 12.2 Å². The Hall–Kier alpha value is -1.65. The third-order valence-electron chi connectivity index (χ3n) is 3.45. The number of benzene rings is 1. The second-order valence-corrected chi connectivity index (χ2v) is 5.92. The summed E-state index contributed by atoms with van der Waals surface area (Å²) in [5.41, 5.74) is 1.24. The summed E-state index contributed by atoms with van der Waals surface area (Å²) >= 11 is 1.86. The summed E-state index contributed by atoms with van der Waals surface area (Å²) in [6.45, 7) is 6.10. The van der Waals surface area contributed by atoms with E-state index < -0.39 is 0 Å². The minimum absolute atomic E-state index is 0.234. The van der Waals surface area contributed by atoms with Crippen molar-refractivity contribution >= 4 is 21.4 Å². The van der Waals surface area contributed by atoms with E-state index in [0.717, 1.165) is 13.1 Å². The molecule has 0 saturated heterocycles. The highest BCUT2D eigenvalue weighted by Gasteiger charge is 2.17. The number of rotatable bonds is 5. The highest BCUT2D eigenvalue weighted by molar-refractivity contribution is 7.19. The van der Waals surface area contributed by atoms with Gasteiger partial charge >= 0.3 is 0 Å². The van der Waals surface area contributed by atoms with Crippen molar-refractivity contribution < 1.29 is 0 Å². The van der Waals surface area contributed by atoms with Gasteiger partial charge in [0.1, 0.15) is 0 Å². The highest BCUT2D eigenvalue weighted by Crippen LogP contribution is 2.32. The minimum Gasteiger partial charge on any atom is -0.306 e. The summed E-state index contributed by atoms with van der Waals surface area (Å²) < 4.78 is 3.32. The summed E-state index contributed by atoms with van der Waals surface area (Å²) in [4.78, 5) is 1.35. The Labute approximate surface area is 123 Å². The van der Waals surface area contributed by atoms with Crippen LogP contribution in [0.1, 0.15) is 30.3 Å². The minimum atomic E-state index is 0.234. The number of nitrogens with one attached hydrogen (secondary N) is 1. The van der Waals surface area contributed by atoms with E-state index in [0.29, 0.717) is 0 Å². The Morgan fingerprint density at radius 1 is 1.30 bits per heavy atom. The standard InChI is InChI=1S/C16H19N3S/c1-3-17-16(13-10-18-19(4-2)11-13)15-9-12-7-5-6-8-14(12)20-15/h5-11,16-17H,3-4H2,1-2H3. The van der Waals surface area contributed by atoms with E-state index in [-0.39, 0.29) is 6.04 Å². The fourth-order valence-electron chi connectivity index (χ4n) is 2.43. The van der Waals surface area contributed by atoms with Crippen LogP contribution in [0, 0.1) is 0 Å². The maximum absolute atomic E-state index is 4.40. The lowest BCUT2D eigenvalue weighted by molar-refractivity contribution is 0.633. The molecule has 3 aromatic rings. The molecule has 104 valence electrons. The van der Waals surface area contributed by atoms with Crippen molar-refractivity contribution in [3.8, 4) is 0 Å². The van der Waals surface area contributed by atoms with Crippen LogP contribution in [0.4, 0.5) is 0 Å². The normalized spacial score (nSPS) is 12.9. The number of aryl methyl sites for hydroxylation is 1. The highest BCUT2D eigenvalue weighted by atomic mass is 32.1. The van der Waals surface area contributed by atoms with Crippen LogP contribution < -0.4 is 5.32 Å². The van der Waals surface area contributed by atoms with Crippen LogP contribution in [0.2, 0.25) is 0 Å². The van der Waals surface area contributed by atoms with Gasteiger partial charge in [-0.2, -0.15) is 5.10 Å². The van der Waals surface area contributed by atoms with Gasteiger partial charge in [-0.3, -0.25) is 4.68 Å². The fraction of sp³-hybridized carbons (Fsp3) is 0.312. The maximum Gasteiger partial charge on any atom is 0.0702 e. The average Bonchev–Trinajstić information content (AvgIpc) is 3.10. The zero-order valence-electron chi connectivity index (χ0n) is 11.8. The lowest BCUT2D eigenvalue weighted by Gasteiger charge is -2.14. The first-order valence-electron chi connectivity index (χ1n) is 7.06. The van der Waals surface area contributed by atoms with Gasteiger partial charge in [0, 0.05) is 27.9 Å². The van der Waals surface area contributed by atoms with Gasteiger partial charge < -0.3 is 5.32 Å². The number of nitrogens with zero attached hydrogens (tertiary/aromatic N) is 2. The van der Waals surface area contributed by atoms with E-state index in [4.69, 9.17) is 0 Å². The zero-order valence-corrected chi connectivity index (χ0v) is 12.7. The van der Waals surface area contributed by atoms with Crippen molar-refractivity contribution in [1.29, 1.82) is 0 Å².